The van der Waals surface area contributed by atoms with Gasteiger partial charge in [-0.2, -0.15) is 13.6 Å². The van der Waals surface area contributed by atoms with Gasteiger partial charge in [0.1, 0.15) is 36.3 Å². The molecule has 11 atom stereocenters. The zero-order valence-electron chi connectivity index (χ0n) is 27.7. The van der Waals surface area contributed by atoms with Crippen LogP contribution >= 0.6 is 23.5 Å². The second-order valence-corrected chi connectivity index (χ2v) is 16.8. The van der Waals surface area contributed by atoms with Crippen molar-refractivity contribution in [3.8, 4) is 0 Å². The van der Waals surface area contributed by atoms with Crippen molar-refractivity contribution in [3.05, 3.63) is 39.2 Å². The van der Waals surface area contributed by atoms with E-state index in [4.69, 9.17) is 24.3 Å². The molecule has 0 radical (unpaired) electrons. The Labute approximate surface area is 295 Å². The lowest BCUT2D eigenvalue weighted by Gasteiger charge is -2.22. The van der Waals surface area contributed by atoms with Crippen molar-refractivity contribution in [2.45, 2.75) is 56.1 Å². The molecule has 10 N–H and O–H groups in total. The number of aliphatic hydroxyl groups is 3. The van der Waals surface area contributed by atoms with E-state index < -0.39 is 96.5 Å². The minimum atomic E-state index is -5.92. The van der Waals surface area contributed by atoms with Gasteiger partial charge in [-0.25, -0.2) is 32.8 Å². The molecule has 2 fully saturated rings. The molecule has 4 aromatic heterocycles. The molecule has 2 aliphatic rings. The van der Waals surface area contributed by atoms with E-state index in [9.17, 15) is 53.3 Å². The van der Waals surface area contributed by atoms with E-state index in [1.807, 2.05) is 0 Å². The third-order valence-electron chi connectivity index (χ3n) is 8.59. The molecule has 292 valence electrons. The summed E-state index contributed by atoms with van der Waals surface area (Å²) in [5.41, 5.74) is 4.68. The molecule has 1 saturated heterocycles. The summed E-state index contributed by atoms with van der Waals surface area (Å²) in [5.74, 6) is -1.07. The second-order valence-electron chi connectivity index (χ2n) is 12.2. The van der Waals surface area contributed by atoms with Gasteiger partial charge in [-0.3, -0.25) is 28.2 Å². The minimum Gasteiger partial charge on any atom is -0.390 e. The summed E-state index contributed by atoms with van der Waals surface area (Å²) in [6.45, 7) is -0.244. The van der Waals surface area contributed by atoms with E-state index in [1.54, 1.807) is 0 Å². The molecule has 5 unspecified atom stereocenters. The Morgan fingerprint density at radius 1 is 0.943 bits per heavy atom. The number of nitrogen functional groups attached to an aromatic ring is 1. The summed E-state index contributed by atoms with van der Waals surface area (Å²) < 4.78 is 70.6. The molecule has 0 aromatic carbocycles. The number of methoxy groups -OCH3 is 1. The Morgan fingerprint density at radius 2 is 1.60 bits per heavy atom. The van der Waals surface area contributed by atoms with Crippen molar-refractivity contribution in [1.29, 1.82) is 0 Å². The normalized spacial score (nSPS) is 29.8. The van der Waals surface area contributed by atoms with Crippen LogP contribution < -0.4 is 21.4 Å². The van der Waals surface area contributed by atoms with Crippen molar-refractivity contribution < 1.29 is 75.4 Å². The van der Waals surface area contributed by atoms with E-state index in [-0.39, 0.29) is 40.5 Å². The number of nitrogens with one attached hydrogen (secondary N) is 2. The molecular weight excluding hydrogens is 779 g/mol. The van der Waals surface area contributed by atoms with Gasteiger partial charge in [-0.1, -0.05) is 0 Å². The third kappa shape index (κ3) is 7.94. The maximum Gasteiger partial charge on any atom is 0.490 e. The van der Waals surface area contributed by atoms with Gasteiger partial charge in [0.15, 0.2) is 17.4 Å². The monoisotopic (exact) mass is 814 g/mol. The number of nitrogens with two attached hydrogens (primary N) is 1. The number of anilines is 1. The number of H-pyrrole nitrogens is 2. The number of fused-ring (bicyclic) bond motifs is 2. The first-order valence-electron chi connectivity index (χ1n) is 15.3. The highest BCUT2D eigenvalue weighted by atomic mass is 31.3. The highest BCUT2D eigenvalue weighted by Crippen LogP contribution is 2.68. The van der Waals surface area contributed by atoms with Crippen LogP contribution in [0.5, 0.6) is 0 Å². The van der Waals surface area contributed by atoms with Crippen LogP contribution in [0, 0.1) is 12.8 Å². The Bertz CT molecular complexity index is 2300. The molecule has 5 heterocycles. The highest BCUT2D eigenvalue weighted by Gasteiger charge is 2.50. The van der Waals surface area contributed by atoms with E-state index >= 15 is 0 Å². The molecule has 1 aliphatic heterocycles. The van der Waals surface area contributed by atoms with Crippen molar-refractivity contribution in [2.24, 2.45) is 13.0 Å². The van der Waals surface area contributed by atoms with Crippen LogP contribution in [-0.2, 0) is 47.9 Å². The Morgan fingerprint density at radius 3 is 2.26 bits per heavy atom. The zero-order valence-corrected chi connectivity index (χ0v) is 30.4. The average molecular weight is 815 g/mol. The van der Waals surface area contributed by atoms with Crippen molar-refractivity contribution in [2.75, 3.05) is 26.1 Å². The molecule has 6 rings (SSSR count). The fourth-order valence-corrected chi connectivity index (χ4v) is 9.90. The Balaban J connectivity index is 1.06. The number of hydrogen-bond donors (Lipinski definition) is 9. The molecule has 1 aliphatic carbocycles. The molecule has 0 bridgehead atoms. The van der Waals surface area contributed by atoms with Gasteiger partial charge in [0.2, 0.25) is 12.3 Å². The quantitative estimate of drug-likeness (QED) is 0.0497. The fraction of sp³-hybridized carbons (Fsp3) is 0.583. The number of aliphatic hydroxyl groups excluding tert-OH is 3. The third-order valence-corrected chi connectivity index (χ3v) is 12.8. The van der Waals surface area contributed by atoms with E-state index in [0.717, 1.165) is 0 Å². The number of aromatic nitrogens is 8. The van der Waals surface area contributed by atoms with E-state index in [2.05, 4.69) is 33.5 Å². The summed E-state index contributed by atoms with van der Waals surface area (Å²) in [5, 5.41) is 32.3. The number of aromatic amines is 2. The lowest BCUT2D eigenvalue weighted by molar-refractivity contribution is -0.646. The second kappa shape index (κ2) is 14.4. The minimum absolute atomic E-state index is 0.0414. The van der Waals surface area contributed by atoms with Crippen LogP contribution in [0.2, 0.25) is 0 Å². The molecule has 0 spiro atoms. The maximum absolute atomic E-state index is 12.6. The van der Waals surface area contributed by atoms with Crippen molar-refractivity contribution in [1.82, 2.24) is 34.1 Å². The molecule has 1 saturated carbocycles. The van der Waals surface area contributed by atoms with Crippen molar-refractivity contribution >= 4 is 51.7 Å². The van der Waals surface area contributed by atoms with Gasteiger partial charge < -0.3 is 50.2 Å². The van der Waals surface area contributed by atoms with Gasteiger partial charge >= 0.3 is 29.0 Å². The fourth-order valence-electron chi connectivity index (χ4n) is 6.33. The van der Waals surface area contributed by atoms with Gasteiger partial charge in [0, 0.05) is 13.0 Å². The van der Waals surface area contributed by atoms with Crippen LogP contribution in [0.15, 0.2) is 22.2 Å². The predicted octanol–water partition coefficient (Wildman–Crippen LogP) is -2.50. The lowest BCUT2D eigenvalue weighted by Crippen LogP contribution is -2.35. The standard InChI is InChI=1S/C24H34N9O17P3/c1-9-27-19-13(21(37)28-9)26-7-32(19)23-17(36)18(45-3)12(48-23)6-47-52(41,42)50-53(43,44)49-51(39,40)46-5-10-4-11(16(35)15(10)34)33-8-31(2)14-20(33)29-24(25)30-22(14)38/h7-8,10-12,15-18,23,34-36H,4-6H2,1-3H3,(H6-,25,27,28,29,30,37,38,39,40,41,42,43,44)/p+1/t10-,11-,12-,15+,16?,17?,18+,23-/m1/s1. The first-order valence-corrected chi connectivity index (χ1v) is 19.8. The topological polar surface area (TPSA) is 372 Å². The van der Waals surface area contributed by atoms with Gasteiger partial charge in [0.05, 0.1) is 32.7 Å². The van der Waals surface area contributed by atoms with Gasteiger partial charge in [0.25, 0.3) is 16.7 Å². The predicted molar refractivity (Wildman–Crippen MR) is 172 cm³/mol. The van der Waals surface area contributed by atoms with Crippen LogP contribution in [0.3, 0.4) is 0 Å². The Hall–Kier alpha value is -3.29. The molecule has 0 amide bonds. The van der Waals surface area contributed by atoms with Crippen LogP contribution in [0.4, 0.5) is 5.95 Å². The molecule has 53 heavy (non-hydrogen) atoms. The zero-order chi connectivity index (χ0) is 38.8. The van der Waals surface area contributed by atoms with E-state index in [0.29, 0.717) is 0 Å². The number of aryl methyl sites for hydroxylation is 2. The summed E-state index contributed by atoms with van der Waals surface area (Å²) in [6.07, 6.45) is -5.96. The van der Waals surface area contributed by atoms with Crippen molar-refractivity contribution in [3.63, 3.8) is 0 Å². The van der Waals surface area contributed by atoms with Crippen LogP contribution in [0.1, 0.15) is 24.5 Å². The summed E-state index contributed by atoms with van der Waals surface area (Å²) >= 11 is 0. The number of phosphoric ester groups is 2. The van der Waals surface area contributed by atoms with Crippen LogP contribution in [0.25, 0.3) is 22.3 Å². The summed E-state index contributed by atoms with van der Waals surface area (Å²) in [4.78, 5) is 72.0. The Kier molecular flexibility index (Phi) is 10.7. The number of hydrogen-bond acceptors (Lipinski definition) is 18. The molecule has 29 heteroatoms. The van der Waals surface area contributed by atoms with Crippen LogP contribution in [-0.4, -0.2) is 115 Å². The highest BCUT2D eigenvalue weighted by molar-refractivity contribution is 7.66. The molecule has 26 nitrogen and oxygen atoms in total. The molecule has 4 aromatic rings. The summed E-state index contributed by atoms with van der Waals surface area (Å²) in [7, 11) is -14.4. The van der Waals surface area contributed by atoms with Gasteiger partial charge in [-0.05, 0) is 13.3 Å². The number of rotatable bonds is 13. The largest absolute Gasteiger partial charge is 0.490 e. The molecular formula is C24H35N9O17P3+. The van der Waals surface area contributed by atoms with Gasteiger partial charge in [-0.15, -0.1) is 0 Å². The SMILES string of the molecule is CO[C@@H]1C(O)[C@H](n2cnc3c(=O)[nH]c(C)nc32)O[C@@H]1COP(=O)(O)OP(=O)(O)OP(=O)(O)OC[C@H]1C[C@@H](n2c[n+](C)c3c(=O)[nH]c(N)nc32)C(O)[C@H]1O. The maximum atomic E-state index is 12.6. The lowest BCUT2D eigenvalue weighted by atomic mass is 10.1. The smallest absolute Gasteiger partial charge is 0.390 e. The number of ether oxygens (including phenoxy) is 2. The number of phosphoric acid groups is 3. The van der Waals surface area contributed by atoms with E-state index in [1.165, 1.54) is 47.4 Å². The summed E-state index contributed by atoms with van der Waals surface area (Å²) in [6, 6.07) is -0.942. The first kappa shape index (κ1) is 39.4. The number of nitrogens with zero attached hydrogens (tertiary/aromatic N) is 6. The average Bonchev–Trinajstić information content (AvgIpc) is 3.76. The number of imidazole rings is 2. The first-order chi connectivity index (χ1) is 24.7.